The molecule has 0 heterocycles. The first-order valence-corrected chi connectivity index (χ1v) is 5.64. The zero-order valence-electron chi connectivity index (χ0n) is 10.9. The molecule has 3 N–H and O–H groups in total. The van der Waals surface area contributed by atoms with Crippen LogP contribution in [0.5, 0.6) is 11.5 Å². The van der Waals surface area contributed by atoms with Crippen molar-refractivity contribution < 1.29 is 19.4 Å². The highest BCUT2D eigenvalue weighted by atomic mass is 16.5. The molecule has 5 nitrogen and oxygen atoms in total. The molecule has 0 radical (unpaired) electrons. The average Bonchev–Trinajstić information content (AvgIpc) is 2.36. The summed E-state index contributed by atoms with van der Waals surface area (Å²) in [5.74, 6) is -0.0751. The van der Waals surface area contributed by atoms with Crippen LogP contribution in [0, 0.1) is 5.41 Å². The molecule has 0 amide bonds. The lowest BCUT2D eigenvalue weighted by atomic mass is 9.95. The lowest BCUT2D eigenvalue weighted by Gasteiger charge is -2.23. The maximum atomic E-state index is 10.8. The van der Waals surface area contributed by atoms with Crippen LogP contribution >= 0.6 is 0 Å². The molecule has 0 saturated heterocycles. The maximum absolute atomic E-state index is 10.8. The molecule has 0 aliphatic heterocycles. The highest BCUT2D eigenvalue weighted by molar-refractivity contribution is 5.88. The third-order valence-corrected chi connectivity index (χ3v) is 2.58. The second kappa shape index (κ2) is 5.73. The van der Waals surface area contributed by atoms with Gasteiger partial charge in [-0.25, -0.2) is 4.79 Å². The minimum atomic E-state index is -0.998. The molecule has 1 rings (SSSR count). The summed E-state index contributed by atoms with van der Waals surface area (Å²) in [5, 5.41) is 8.88. The number of benzene rings is 1. The summed E-state index contributed by atoms with van der Waals surface area (Å²) in [4.78, 5) is 10.8. The maximum Gasteiger partial charge on any atom is 0.335 e. The Labute approximate surface area is 107 Å². The third-order valence-electron chi connectivity index (χ3n) is 2.58. The number of nitrogens with two attached hydrogens (primary N) is 1. The van der Waals surface area contributed by atoms with Crippen LogP contribution in [0.1, 0.15) is 24.2 Å². The number of carboxylic acids is 1. The number of methoxy groups -OCH3 is 1. The quantitative estimate of drug-likeness (QED) is 0.807. The summed E-state index contributed by atoms with van der Waals surface area (Å²) in [5.41, 5.74) is 5.64. The number of rotatable bonds is 6. The van der Waals surface area contributed by atoms with Gasteiger partial charge in [0.2, 0.25) is 0 Å². The molecule has 1 aromatic carbocycles. The lowest BCUT2D eigenvalue weighted by molar-refractivity contribution is 0.0696. The van der Waals surface area contributed by atoms with E-state index in [2.05, 4.69) is 0 Å². The Morgan fingerprint density at radius 2 is 2.06 bits per heavy atom. The number of aromatic carboxylic acids is 1. The van der Waals surface area contributed by atoms with Crippen LogP contribution in [0.4, 0.5) is 0 Å². The number of carbonyl (C=O) groups is 1. The molecular formula is C13H19NO4. The van der Waals surface area contributed by atoms with Gasteiger partial charge in [-0.3, -0.25) is 0 Å². The summed E-state index contributed by atoms with van der Waals surface area (Å²) in [7, 11) is 1.47. The van der Waals surface area contributed by atoms with Crippen LogP contribution in [0.3, 0.4) is 0 Å². The summed E-state index contributed by atoms with van der Waals surface area (Å²) in [6, 6.07) is 4.51. The first-order chi connectivity index (χ1) is 8.39. The summed E-state index contributed by atoms with van der Waals surface area (Å²) < 4.78 is 10.7. The van der Waals surface area contributed by atoms with E-state index < -0.39 is 5.97 Å². The Morgan fingerprint density at radius 3 is 2.56 bits per heavy atom. The van der Waals surface area contributed by atoms with Gasteiger partial charge in [-0.05, 0) is 18.2 Å². The van der Waals surface area contributed by atoms with E-state index in [1.54, 1.807) is 6.07 Å². The van der Waals surface area contributed by atoms with Crippen molar-refractivity contribution in [2.45, 2.75) is 13.8 Å². The van der Waals surface area contributed by atoms with E-state index in [0.717, 1.165) is 0 Å². The summed E-state index contributed by atoms with van der Waals surface area (Å²) in [6.07, 6.45) is 0. The van der Waals surface area contributed by atoms with Crippen molar-refractivity contribution in [3.8, 4) is 11.5 Å². The van der Waals surface area contributed by atoms with E-state index in [4.69, 9.17) is 20.3 Å². The molecule has 0 saturated carbocycles. The predicted octanol–water partition coefficient (Wildman–Crippen LogP) is 1.76. The third kappa shape index (κ3) is 3.63. The Morgan fingerprint density at radius 1 is 1.39 bits per heavy atom. The molecule has 0 spiro atoms. The fraction of sp³-hybridized carbons (Fsp3) is 0.462. The molecule has 0 atom stereocenters. The first-order valence-electron chi connectivity index (χ1n) is 5.64. The Balaban J connectivity index is 2.86. The van der Waals surface area contributed by atoms with Gasteiger partial charge in [0, 0.05) is 12.0 Å². The normalized spacial score (nSPS) is 11.1. The van der Waals surface area contributed by atoms with Crippen molar-refractivity contribution in [1.29, 1.82) is 0 Å². The predicted molar refractivity (Wildman–Crippen MR) is 68.3 cm³/mol. The van der Waals surface area contributed by atoms with E-state index in [1.165, 1.54) is 19.2 Å². The monoisotopic (exact) mass is 253 g/mol. The molecule has 0 aromatic heterocycles. The van der Waals surface area contributed by atoms with Crippen LogP contribution in [0.25, 0.3) is 0 Å². The van der Waals surface area contributed by atoms with Crippen molar-refractivity contribution in [2.75, 3.05) is 20.3 Å². The van der Waals surface area contributed by atoms with Crippen LogP contribution in [-0.2, 0) is 0 Å². The Hall–Kier alpha value is -1.75. The molecular weight excluding hydrogens is 234 g/mol. The lowest BCUT2D eigenvalue weighted by Crippen LogP contribution is -2.30. The fourth-order valence-electron chi connectivity index (χ4n) is 1.25. The van der Waals surface area contributed by atoms with Gasteiger partial charge in [-0.2, -0.15) is 0 Å². The molecule has 5 heteroatoms. The van der Waals surface area contributed by atoms with Gasteiger partial charge in [-0.1, -0.05) is 13.8 Å². The Bertz CT molecular complexity index is 429. The molecule has 0 aliphatic rings. The van der Waals surface area contributed by atoms with E-state index in [0.29, 0.717) is 24.7 Å². The average molecular weight is 253 g/mol. The van der Waals surface area contributed by atoms with Crippen molar-refractivity contribution in [3.05, 3.63) is 23.8 Å². The second-order valence-corrected chi connectivity index (χ2v) is 4.83. The first kappa shape index (κ1) is 14.3. The molecule has 100 valence electrons. The van der Waals surface area contributed by atoms with Crippen LogP contribution in [-0.4, -0.2) is 31.3 Å². The van der Waals surface area contributed by atoms with Crippen molar-refractivity contribution in [3.63, 3.8) is 0 Å². The van der Waals surface area contributed by atoms with Gasteiger partial charge in [0.25, 0.3) is 0 Å². The van der Waals surface area contributed by atoms with E-state index in [1.807, 2.05) is 13.8 Å². The number of hydrogen-bond acceptors (Lipinski definition) is 4. The number of carboxylic acid groups (broad SMARTS) is 1. The van der Waals surface area contributed by atoms with Crippen LogP contribution < -0.4 is 15.2 Å². The molecule has 0 unspecified atom stereocenters. The van der Waals surface area contributed by atoms with E-state index >= 15 is 0 Å². The molecule has 0 aliphatic carbocycles. The number of hydrogen-bond donors (Lipinski definition) is 2. The standard InChI is InChI=1S/C13H19NO4/c1-13(2,7-14)8-18-10-5-4-9(12(15)16)6-11(10)17-3/h4-6H,7-8,14H2,1-3H3,(H,15,16). The molecule has 1 aromatic rings. The van der Waals surface area contributed by atoms with Gasteiger partial charge in [-0.15, -0.1) is 0 Å². The van der Waals surface area contributed by atoms with Crippen LogP contribution in [0.2, 0.25) is 0 Å². The highest BCUT2D eigenvalue weighted by Gasteiger charge is 2.18. The van der Waals surface area contributed by atoms with Gasteiger partial charge >= 0.3 is 5.97 Å². The van der Waals surface area contributed by atoms with E-state index in [-0.39, 0.29) is 11.0 Å². The second-order valence-electron chi connectivity index (χ2n) is 4.83. The zero-order valence-corrected chi connectivity index (χ0v) is 10.9. The van der Waals surface area contributed by atoms with Crippen molar-refractivity contribution in [1.82, 2.24) is 0 Å². The highest BCUT2D eigenvalue weighted by Crippen LogP contribution is 2.29. The summed E-state index contributed by atoms with van der Waals surface area (Å²) >= 11 is 0. The minimum Gasteiger partial charge on any atom is -0.493 e. The fourth-order valence-corrected chi connectivity index (χ4v) is 1.25. The van der Waals surface area contributed by atoms with Gasteiger partial charge in [0.15, 0.2) is 11.5 Å². The molecule has 0 bridgehead atoms. The van der Waals surface area contributed by atoms with Crippen molar-refractivity contribution in [2.24, 2.45) is 11.1 Å². The van der Waals surface area contributed by atoms with Gasteiger partial charge in [0.05, 0.1) is 19.3 Å². The largest absolute Gasteiger partial charge is 0.493 e. The number of ether oxygens (including phenoxy) is 2. The van der Waals surface area contributed by atoms with Crippen molar-refractivity contribution >= 4 is 5.97 Å². The van der Waals surface area contributed by atoms with Crippen LogP contribution in [0.15, 0.2) is 18.2 Å². The van der Waals surface area contributed by atoms with Gasteiger partial charge in [0.1, 0.15) is 0 Å². The van der Waals surface area contributed by atoms with Gasteiger partial charge < -0.3 is 20.3 Å². The molecule has 0 fully saturated rings. The summed E-state index contributed by atoms with van der Waals surface area (Å²) in [6.45, 7) is 4.92. The molecule has 18 heavy (non-hydrogen) atoms. The topological polar surface area (TPSA) is 81.8 Å². The SMILES string of the molecule is COc1cc(C(=O)O)ccc1OCC(C)(C)CN. The smallest absolute Gasteiger partial charge is 0.335 e. The Kier molecular flexibility index (Phi) is 4.55. The minimum absolute atomic E-state index is 0.142. The van der Waals surface area contributed by atoms with E-state index in [9.17, 15) is 4.79 Å². The zero-order chi connectivity index (χ0) is 13.8.